The third kappa shape index (κ3) is 4.49. The Balaban J connectivity index is 2.58. The first kappa shape index (κ1) is 22.6. The summed E-state index contributed by atoms with van der Waals surface area (Å²) < 4.78 is 10.1. The summed E-state index contributed by atoms with van der Waals surface area (Å²) in [5.74, 6) is -2.21. The maximum atomic E-state index is 12.4. The Bertz CT molecular complexity index is 900. The van der Waals surface area contributed by atoms with Gasteiger partial charge in [-0.1, -0.05) is 24.3 Å². The predicted octanol–water partition coefficient (Wildman–Crippen LogP) is 2.34. The molecular formula is C20H22N2O8. The van der Waals surface area contributed by atoms with Crippen molar-refractivity contribution in [3.63, 3.8) is 0 Å². The Hall–Kier alpha value is -3.66. The number of carbonyl (C=O) groups is 4. The number of hydrogen-bond acceptors (Lipinski definition) is 8. The van der Waals surface area contributed by atoms with Crippen LogP contribution in [0.25, 0.3) is 11.1 Å². The van der Waals surface area contributed by atoms with E-state index in [1.54, 1.807) is 13.8 Å². The number of hydrogen-bond donors (Lipinski definition) is 2. The van der Waals surface area contributed by atoms with Gasteiger partial charge in [0.05, 0.1) is 43.6 Å². The van der Waals surface area contributed by atoms with Crippen LogP contribution in [-0.2, 0) is 25.5 Å². The maximum Gasteiger partial charge on any atom is 0.439 e. The highest BCUT2D eigenvalue weighted by atomic mass is 16.7. The van der Waals surface area contributed by atoms with E-state index < -0.39 is 23.9 Å². The number of amides is 2. The molecule has 0 fully saturated rings. The summed E-state index contributed by atoms with van der Waals surface area (Å²) >= 11 is 0. The standard InChI is InChI=1S/C20H22N2O8/c1-4-29-18(24)15-12-8-6-11(10-14(23)22(28-3)20(26)27)7-9-13(12)16(17(15)21)19(25)30-5-2/h6-9H,4-5,10,21H2,1-3H3,(H,26,27). The number of ether oxygens (including phenoxy) is 2. The topological polar surface area (TPSA) is 145 Å². The summed E-state index contributed by atoms with van der Waals surface area (Å²) in [6.45, 7) is 3.50. The Kier molecular flexibility index (Phi) is 7.32. The summed E-state index contributed by atoms with van der Waals surface area (Å²) in [7, 11) is 1.06. The van der Waals surface area contributed by atoms with Crippen LogP contribution in [0.5, 0.6) is 0 Å². The zero-order valence-electron chi connectivity index (χ0n) is 16.8. The van der Waals surface area contributed by atoms with Crippen LogP contribution >= 0.6 is 0 Å². The number of nitrogen functional groups attached to an aromatic ring is 1. The number of esters is 2. The largest absolute Gasteiger partial charge is 0.463 e. The zero-order valence-corrected chi connectivity index (χ0v) is 16.8. The summed E-state index contributed by atoms with van der Waals surface area (Å²) in [4.78, 5) is 52.6. The van der Waals surface area contributed by atoms with Gasteiger partial charge in [0.2, 0.25) is 0 Å². The second-order valence-corrected chi connectivity index (χ2v) is 6.00. The third-order valence-electron chi connectivity index (χ3n) is 4.19. The van der Waals surface area contributed by atoms with E-state index >= 15 is 0 Å². The first-order valence-electron chi connectivity index (χ1n) is 9.05. The maximum absolute atomic E-state index is 12.4. The highest BCUT2D eigenvalue weighted by Crippen LogP contribution is 2.39. The third-order valence-corrected chi connectivity index (χ3v) is 4.19. The Morgan fingerprint density at radius 1 is 0.933 bits per heavy atom. The number of rotatable bonds is 7. The van der Waals surface area contributed by atoms with Gasteiger partial charge in [0.25, 0.3) is 5.91 Å². The van der Waals surface area contributed by atoms with Crippen LogP contribution in [0.4, 0.5) is 10.5 Å². The SMILES string of the molecule is CCOC(=O)c1c2ccc(CC(=O)N(OC)C(=O)O)ccc-2c(C(=O)OCC)c1N. The molecule has 2 aliphatic rings. The lowest BCUT2D eigenvalue weighted by molar-refractivity contribution is -0.163. The lowest BCUT2D eigenvalue weighted by Crippen LogP contribution is -2.35. The first-order valence-corrected chi connectivity index (χ1v) is 9.05. The van der Waals surface area contributed by atoms with Gasteiger partial charge in [-0.3, -0.25) is 9.63 Å². The van der Waals surface area contributed by atoms with Gasteiger partial charge in [0, 0.05) is 0 Å². The highest BCUT2D eigenvalue weighted by Gasteiger charge is 2.31. The Morgan fingerprint density at radius 2 is 1.40 bits per heavy atom. The second kappa shape index (κ2) is 9.70. The van der Waals surface area contributed by atoms with Gasteiger partial charge < -0.3 is 20.3 Å². The lowest BCUT2D eigenvalue weighted by atomic mass is 10.1. The minimum absolute atomic E-state index is 0.0208. The first-order chi connectivity index (χ1) is 14.3. The van der Waals surface area contributed by atoms with Crippen LogP contribution < -0.4 is 5.73 Å². The highest BCUT2D eigenvalue weighted by molar-refractivity contribution is 6.15. The number of carbonyl (C=O) groups excluding carboxylic acids is 3. The molecular weight excluding hydrogens is 396 g/mol. The summed E-state index contributed by atoms with van der Waals surface area (Å²) in [6, 6.07) is 6.07. The van der Waals surface area contributed by atoms with Crippen LogP contribution in [-0.4, -0.2) is 54.4 Å². The van der Waals surface area contributed by atoms with Crippen molar-refractivity contribution in [1.29, 1.82) is 0 Å². The molecule has 0 aliphatic heterocycles. The lowest BCUT2D eigenvalue weighted by Gasteiger charge is -2.13. The van der Waals surface area contributed by atoms with Crippen molar-refractivity contribution in [2.45, 2.75) is 20.3 Å². The zero-order chi connectivity index (χ0) is 22.4. The summed E-state index contributed by atoms with van der Waals surface area (Å²) in [5, 5.41) is 9.19. The molecule has 0 aromatic rings. The van der Waals surface area contributed by atoms with E-state index in [1.165, 1.54) is 24.3 Å². The van der Waals surface area contributed by atoms with Crippen molar-refractivity contribution in [2.24, 2.45) is 0 Å². The van der Waals surface area contributed by atoms with Crippen molar-refractivity contribution in [3.05, 3.63) is 41.0 Å². The molecule has 0 heterocycles. The number of hydroxylamine groups is 2. The molecule has 0 aromatic heterocycles. The molecule has 0 atom stereocenters. The van der Waals surface area contributed by atoms with E-state index in [0.29, 0.717) is 16.7 Å². The number of nitrogens with zero attached hydrogens (tertiary/aromatic N) is 1. The average molecular weight is 418 g/mol. The molecule has 3 N–H and O–H groups in total. The predicted molar refractivity (Wildman–Crippen MR) is 105 cm³/mol. The Morgan fingerprint density at radius 3 is 1.77 bits per heavy atom. The number of imide groups is 1. The van der Waals surface area contributed by atoms with Crippen molar-refractivity contribution < 1.29 is 38.6 Å². The van der Waals surface area contributed by atoms with Gasteiger partial charge in [0.15, 0.2) is 0 Å². The number of anilines is 1. The van der Waals surface area contributed by atoms with Crippen molar-refractivity contribution in [2.75, 3.05) is 26.1 Å². The Labute approximate surface area is 172 Å². The fourth-order valence-corrected chi connectivity index (χ4v) is 2.96. The summed E-state index contributed by atoms with van der Waals surface area (Å²) in [6.07, 6.45) is -1.85. The van der Waals surface area contributed by atoms with E-state index in [9.17, 15) is 19.2 Å². The van der Waals surface area contributed by atoms with Gasteiger partial charge in [-0.15, -0.1) is 5.06 Å². The fraction of sp³-hybridized carbons (Fsp3) is 0.300. The molecule has 30 heavy (non-hydrogen) atoms. The van der Waals surface area contributed by atoms with Crippen LogP contribution in [0.1, 0.15) is 40.1 Å². The number of carboxylic acid groups (broad SMARTS) is 1. The van der Waals surface area contributed by atoms with E-state index in [4.69, 9.17) is 20.3 Å². The van der Waals surface area contributed by atoms with E-state index in [0.717, 1.165) is 7.11 Å². The van der Waals surface area contributed by atoms with Crippen molar-refractivity contribution >= 4 is 29.6 Å². The molecule has 0 unspecified atom stereocenters. The average Bonchev–Trinajstić information content (AvgIpc) is 2.81. The normalized spacial score (nSPS) is 10.5. The second-order valence-electron chi connectivity index (χ2n) is 6.00. The summed E-state index contributed by atoms with van der Waals surface area (Å²) in [5.41, 5.74) is 7.18. The van der Waals surface area contributed by atoms with Gasteiger partial charge in [0.1, 0.15) is 0 Å². The molecule has 0 spiro atoms. The van der Waals surface area contributed by atoms with E-state index in [1.807, 2.05) is 0 Å². The molecule has 2 rings (SSSR count). The molecule has 0 bridgehead atoms. The fourth-order valence-electron chi connectivity index (χ4n) is 2.96. The van der Waals surface area contributed by atoms with Crippen molar-refractivity contribution in [3.8, 4) is 11.1 Å². The molecule has 0 saturated heterocycles. The van der Waals surface area contributed by atoms with Gasteiger partial charge in [-0.25, -0.2) is 14.4 Å². The monoisotopic (exact) mass is 418 g/mol. The van der Waals surface area contributed by atoms with Gasteiger partial charge in [-0.2, -0.15) is 0 Å². The molecule has 10 nitrogen and oxygen atoms in total. The van der Waals surface area contributed by atoms with Crippen LogP contribution in [0, 0.1) is 0 Å². The molecule has 10 heteroatoms. The van der Waals surface area contributed by atoms with Crippen LogP contribution in [0.15, 0.2) is 24.3 Å². The number of fused-ring (bicyclic) bond motifs is 1. The molecule has 2 aliphatic carbocycles. The minimum atomic E-state index is -1.55. The molecule has 2 amide bonds. The van der Waals surface area contributed by atoms with Gasteiger partial charge >= 0.3 is 18.0 Å². The quantitative estimate of drug-likeness (QED) is 0.511. The van der Waals surface area contributed by atoms with Crippen molar-refractivity contribution in [1.82, 2.24) is 5.06 Å². The molecule has 0 aromatic carbocycles. The minimum Gasteiger partial charge on any atom is -0.463 e. The molecule has 0 radical (unpaired) electrons. The number of nitrogens with two attached hydrogens (primary N) is 1. The molecule has 0 saturated carbocycles. The van der Waals surface area contributed by atoms with E-state index in [-0.39, 0.29) is 41.5 Å². The smallest absolute Gasteiger partial charge is 0.439 e. The van der Waals surface area contributed by atoms with E-state index in [2.05, 4.69) is 4.84 Å². The molecule has 160 valence electrons. The van der Waals surface area contributed by atoms with Gasteiger partial charge in [-0.05, 0) is 30.5 Å². The van der Waals surface area contributed by atoms with Crippen LogP contribution in [0.2, 0.25) is 0 Å². The van der Waals surface area contributed by atoms with Crippen LogP contribution in [0.3, 0.4) is 0 Å².